The van der Waals surface area contributed by atoms with E-state index >= 15 is 0 Å². The quantitative estimate of drug-likeness (QED) is 0.339. The molecular weight excluding hydrogens is 276 g/mol. The van der Waals surface area contributed by atoms with Gasteiger partial charge in [0.1, 0.15) is 0 Å². The molecule has 0 aromatic carbocycles. The third-order valence-electron chi connectivity index (χ3n) is 2.95. The average Bonchev–Trinajstić information content (AvgIpc) is 2.38. The molecule has 0 saturated heterocycles. The first-order chi connectivity index (χ1) is 9.63. The third-order valence-corrected chi connectivity index (χ3v) is 3.16. The van der Waals surface area contributed by atoms with Gasteiger partial charge in [-0.25, -0.2) is 5.43 Å². The van der Waals surface area contributed by atoms with Gasteiger partial charge in [0.25, 0.3) is 5.56 Å². The molecule has 0 unspecified atom stereocenters. The van der Waals surface area contributed by atoms with Gasteiger partial charge in [0.2, 0.25) is 5.91 Å². The van der Waals surface area contributed by atoms with Crippen LogP contribution in [0.3, 0.4) is 0 Å². The number of hydrogen-bond acceptors (Lipinski definition) is 4. The van der Waals surface area contributed by atoms with Gasteiger partial charge in [0.05, 0.1) is 6.42 Å². The van der Waals surface area contributed by atoms with Crippen LogP contribution < -0.4 is 11.0 Å². The molecule has 1 atom stereocenters. The van der Waals surface area contributed by atoms with Gasteiger partial charge in [-0.1, -0.05) is 12.2 Å². The first-order valence-electron chi connectivity index (χ1n) is 6.43. The second kappa shape index (κ2) is 6.95. The number of carbonyl (C=O) groups is 1. The molecule has 0 radical (unpaired) electrons. The smallest absolute Gasteiger partial charge is 0.251 e. The molecule has 106 valence electrons. The molecule has 7 heteroatoms. The SMILES string of the molecule is O=C(Cc1cc(=O)[nH]c(=S)[nH]1)N/N=C\[C@@H]1CC=CCC1. The zero-order valence-electron chi connectivity index (χ0n) is 10.9. The fourth-order valence-electron chi connectivity index (χ4n) is 1.99. The highest BCUT2D eigenvalue weighted by molar-refractivity contribution is 7.71. The van der Waals surface area contributed by atoms with Crippen molar-refractivity contribution in [2.45, 2.75) is 25.7 Å². The summed E-state index contributed by atoms with van der Waals surface area (Å²) in [6, 6.07) is 1.31. The normalized spacial score (nSPS) is 18.3. The zero-order chi connectivity index (χ0) is 14.4. The first kappa shape index (κ1) is 14.4. The second-order valence-corrected chi connectivity index (χ2v) is 5.06. The Morgan fingerprint density at radius 2 is 2.35 bits per heavy atom. The second-order valence-electron chi connectivity index (χ2n) is 4.65. The van der Waals surface area contributed by atoms with E-state index in [4.69, 9.17) is 12.2 Å². The molecule has 0 saturated carbocycles. The monoisotopic (exact) mass is 292 g/mol. The van der Waals surface area contributed by atoms with Gasteiger partial charge in [-0.05, 0) is 37.4 Å². The van der Waals surface area contributed by atoms with Gasteiger partial charge in [-0.15, -0.1) is 0 Å². The van der Waals surface area contributed by atoms with Crippen LogP contribution in [0.15, 0.2) is 28.1 Å². The summed E-state index contributed by atoms with van der Waals surface area (Å²) in [4.78, 5) is 28.0. The minimum Gasteiger partial charge on any atom is -0.335 e. The minimum atomic E-state index is -0.325. The van der Waals surface area contributed by atoms with Gasteiger partial charge in [-0.2, -0.15) is 5.10 Å². The van der Waals surface area contributed by atoms with Crippen LogP contribution in [0.4, 0.5) is 0 Å². The van der Waals surface area contributed by atoms with Gasteiger partial charge in [0.15, 0.2) is 4.77 Å². The van der Waals surface area contributed by atoms with Crippen molar-refractivity contribution in [3.63, 3.8) is 0 Å². The summed E-state index contributed by atoms with van der Waals surface area (Å²) in [5.41, 5.74) is 2.60. The van der Waals surface area contributed by atoms with Crippen molar-refractivity contribution in [1.29, 1.82) is 0 Å². The van der Waals surface area contributed by atoms with Crippen LogP contribution in [0, 0.1) is 10.7 Å². The van der Waals surface area contributed by atoms with Gasteiger partial charge >= 0.3 is 0 Å². The summed E-state index contributed by atoms with van der Waals surface area (Å²) < 4.78 is 0.206. The molecule has 3 N–H and O–H groups in total. The van der Waals surface area contributed by atoms with E-state index in [1.54, 1.807) is 6.21 Å². The molecule has 0 aliphatic heterocycles. The Bertz CT molecular complexity index is 616. The van der Waals surface area contributed by atoms with Gasteiger partial charge < -0.3 is 4.98 Å². The number of rotatable bonds is 4. The fraction of sp³-hybridized carbons (Fsp3) is 0.385. The summed E-state index contributed by atoms with van der Waals surface area (Å²) in [5.74, 6) is 0.0922. The Hall–Kier alpha value is -2.02. The fourth-order valence-corrected chi connectivity index (χ4v) is 2.23. The average molecular weight is 292 g/mol. The lowest BCUT2D eigenvalue weighted by Crippen LogP contribution is -2.22. The molecule has 0 bridgehead atoms. The molecule has 20 heavy (non-hydrogen) atoms. The molecule has 1 aromatic rings. The number of amides is 1. The lowest BCUT2D eigenvalue weighted by Gasteiger charge is -2.11. The zero-order valence-corrected chi connectivity index (χ0v) is 11.7. The summed E-state index contributed by atoms with van der Waals surface area (Å²) >= 11 is 4.83. The first-order valence-corrected chi connectivity index (χ1v) is 6.84. The van der Waals surface area contributed by atoms with Crippen LogP contribution in [0.25, 0.3) is 0 Å². The number of carbonyl (C=O) groups excluding carboxylic acids is 1. The third kappa shape index (κ3) is 4.58. The predicted molar refractivity (Wildman–Crippen MR) is 79.1 cm³/mol. The molecular formula is C13H16N4O2S. The largest absolute Gasteiger partial charge is 0.335 e. The van der Waals surface area contributed by atoms with E-state index in [9.17, 15) is 9.59 Å². The van der Waals surface area contributed by atoms with E-state index in [-0.39, 0.29) is 22.7 Å². The number of hydrazone groups is 1. The van der Waals surface area contributed by atoms with Crippen LogP contribution in [0.1, 0.15) is 25.0 Å². The molecule has 6 nitrogen and oxygen atoms in total. The highest BCUT2D eigenvalue weighted by Gasteiger charge is 2.07. The number of allylic oxidation sites excluding steroid dienone is 2. The van der Waals surface area contributed by atoms with E-state index in [1.165, 1.54) is 6.07 Å². The number of H-pyrrole nitrogens is 2. The maximum Gasteiger partial charge on any atom is 0.251 e. The summed E-state index contributed by atoms with van der Waals surface area (Å²) in [7, 11) is 0. The Morgan fingerprint density at radius 1 is 1.50 bits per heavy atom. The molecule has 1 aromatic heterocycles. The maximum absolute atomic E-state index is 11.7. The highest BCUT2D eigenvalue weighted by Crippen LogP contribution is 2.15. The number of aromatic nitrogens is 2. The Balaban J connectivity index is 1.86. The van der Waals surface area contributed by atoms with Crippen molar-refractivity contribution >= 4 is 24.3 Å². The number of nitrogens with zero attached hydrogens (tertiary/aromatic N) is 1. The number of hydrogen-bond donors (Lipinski definition) is 3. The van der Waals surface area contributed by atoms with Crippen molar-refractivity contribution in [3.8, 4) is 0 Å². The molecule has 1 aliphatic rings. The maximum atomic E-state index is 11.7. The Kier molecular flexibility index (Phi) is 5.00. The standard InChI is InChI=1S/C13H16N4O2S/c18-11-6-10(15-13(20)16-11)7-12(19)17-14-8-9-4-2-1-3-5-9/h1-2,6,8-9H,3-5,7H2,(H,17,19)(H2,15,16,18,20)/b14-8-/t9-/m1/s1. The van der Waals surface area contributed by atoms with Crippen molar-refractivity contribution < 1.29 is 4.79 Å². The summed E-state index contributed by atoms with van der Waals surface area (Å²) in [6.45, 7) is 0. The highest BCUT2D eigenvalue weighted by atomic mass is 32.1. The number of aromatic amines is 2. The minimum absolute atomic E-state index is 0.0372. The summed E-state index contributed by atoms with van der Waals surface area (Å²) in [5, 5.41) is 3.95. The van der Waals surface area contributed by atoms with Gasteiger partial charge in [0, 0.05) is 18.0 Å². The molecule has 1 aliphatic carbocycles. The summed E-state index contributed by atoms with van der Waals surface area (Å²) in [6.07, 6.45) is 9.14. The van der Waals surface area contributed by atoms with Gasteiger partial charge in [-0.3, -0.25) is 14.6 Å². The van der Waals surface area contributed by atoms with E-state index in [0.29, 0.717) is 11.6 Å². The van der Waals surface area contributed by atoms with Crippen LogP contribution >= 0.6 is 12.2 Å². The van der Waals surface area contributed by atoms with E-state index in [1.807, 2.05) is 0 Å². The number of nitrogens with one attached hydrogen (secondary N) is 3. The molecule has 0 fully saturated rings. The van der Waals surface area contributed by atoms with E-state index in [0.717, 1.165) is 19.3 Å². The predicted octanol–water partition coefficient (Wildman–Crippen LogP) is 1.43. The van der Waals surface area contributed by atoms with E-state index < -0.39 is 0 Å². The lowest BCUT2D eigenvalue weighted by molar-refractivity contribution is -0.120. The topological polar surface area (TPSA) is 90.1 Å². The van der Waals surface area contributed by atoms with Crippen LogP contribution in [0.5, 0.6) is 0 Å². The van der Waals surface area contributed by atoms with Crippen molar-refractivity contribution in [2.24, 2.45) is 11.0 Å². The molecule has 2 rings (SSSR count). The van der Waals surface area contributed by atoms with Crippen LogP contribution in [-0.4, -0.2) is 22.1 Å². The van der Waals surface area contributed by atoms with Crippen molar-refractivity contribution in [1.82, 2.24) is 15.4 Å². The lowest BCUT2D eigenvalue weighted by atomic mass is 9.96. The van der Waals surface area contributed by atoms with Crippen molar-refractivity contribution in [2.75, 3.05) is 0 Å². The van der Waals surface area contributed by atoms with E-state index in [2.05, 4.69) is 32.6 Å². The Labute approximate surface area is 121 Å². The Morgan fingerprint density at radius 3 is 3.05 bits per heavy atom. The van der Waals surface area contributed by atoms with Crippen molar-refractivity contribution in [3.05, 3.63) is 39.0 Å². The molecule has 1 heterocycles. The molecule has 1 amide bonds. The van der Waals surface area contributed by atoms with Crippen LogP contribution in [-0.2, 0) is 11.2 Å². The van der Waals surface area contributed by atoms with Crippen LogP contribution in [0.2, 0.25) is 0 Å². The molecule has 0 spiro atoms.